The predicted molar refractivity (Wildman–Crippen MR) is 77.8 cm³/mol. The van der Waals surface area contributed by atoms with Crippen molar-refractivity contribution < 1.29 is 14.7 Å². The molecule has 20 heavy (non-hydrogen) atoms. The average Bonchev–Trinajstić information content (AvgIpc) is 2.95. The van der Waals surface area contributed by atoms with Gasteiger partial charge in [0.25, 0.3) is 5.91 Å². The number of rotatable bonds is 4. The van der Waals surface area contributed by atoms with Crippen LogP contribution in [0.25, 0.3) is 0 Å². The van der Waals surface area contributed by atoms with Crippen LogP contribution >= 0.6 is 11.3 Å². The number of carbonyl (C=O) groups is 1. The van der Waals surface area contributed by atoms with Crippen LogP contribution in [0.3, 0.4) is 0 Å². The van der Waals surface area contributed by atoms with Crippen LogP contribution in [0.4, 0.5) is 5.69 Å². The van der Waals surface area contributed by atoms with E-state index in [-0.39, 0.29) is 11.7 Å². The van der Waals surface area contributed by atoms with E-state index in [1.54, 1.807) is 35.7 Å². The minimum absolute atomic E-state index is 0.0187. The fourth-order valence-corrected chi connectivity index (χ4v) is 2.38. The molecule has 0 aliphatic rings. The van der Waals surface area contributed by atoms with Gasteiger partial charge in [-0.15, -0.1) is 11.3 Å². The van der Waals surface area contributed by atoms with Crippen molar-refractivity contribution in [3.8, 4) is 5.75 Å². The Kier molecular flexibility index (Phi) is 4.21. The number of anilines is 1. The Morgan fingerprint density at radius 1 is 1.45 bits per heavy atom. The molecule has 0 aliphatic heterocycles. The van der Waals surface area contributed by atoms with E-state index in [0.29, 0.717) is 21.9 Å². The summed E-state index contributed by atoms with van der Waals surface area (Å²) in [5.41, 5.74) is 6.57. The Bertz CT molecular complexity index is 652. The monoisotopic (exact) mass is 291 g/mol. The lowest BCUT2D eigenvalue weighted by atomic mass is 10.2. The van der Waals surface area contributed by atoms with Crippen LogP contribution in [0.2, 0.25) is 0 Å². The maximum absolute atomic E-state index is 12.1. The van der Waals surface area contributed by atoms with Gasteiger partial charge >= 0.3 is 0 Å². The summed E-state index contributed by atoms with van der Waals surface area (Å²) < 4.78 is 5.10. The number of ether oxygens (including phenoxy) is 1. The maximum Gasteiger partial charge on any atom is 0.269 e. The number of nitrogens with two attached hydrogens (primary N) is 1. The zero-order valence-corrected chi connectivity index (χ0v) is 11.5. The van der Waals surface area contributed by atoms with E-state index >= 15 is 0 Å². The van der Waals surface area contributed by atoms with Crippen molar-refractivity contribution in [1.29, 1.82) is 0 Å². The van der Waals surface area contributed by atoms with Gasteiger partial charge in [-0.3, -0.25) is 4.79 Å². The summed E-state index contributed by atoms with van der Waals surface area (Å²) in [6, 6.07) is 8.44. The van der Waals surface area contributed by atoms with Gasteiger partial charge in [0.2, 0.25) is 0 Å². The number of benzene rings is 1. The first-order valence-corrected chi connectivity index (χ1v) is 6.54. The Morgan fingerprint density at radius 3 is 2.95 bits per heavy atom. The third-order valence-corrected chi connectivity index (χ3v) is 3.47. The highest BCUT2D eigenvalue weighted by molar-refractivity contribution is 7.12. The fraction of sp³-hybridized carbons (Fsp3) is 0.0769. The smallest absolute Gasteiger partial charge is 0.269 e. The summed E-state index contributed by atoms with van der Waals surface area (Å²) in [6.45, 7) is 0. The van der Waals surface area contributed by atoms with Gasteiger partial charge in [0.05, 0.1) is 7.11 Å². The second kappa shape index (κ2) is 6.07. The molecule has 0 unspecified atom stereocenters. The van der Waals surface area contributed by atoms with Gasteiger partial charge < -0.3 is 21.0 Å². The predicted octanol–water partition coefficient (Wildman–Crippen LogP) is 2.10. The number of hydrogen-bond acceptors (Lipinski definition) is 5. The first-order valence-electron chi connectivity index (χ1n) is 5.66. The molecule has 0 atom stereocenters. The zero-order valence-electron chi connectivity index (χ0n) is 10.7. The third kappa shape index (κ3) is 2.89. The van der Waals surface area contributed by atoms with E-state index in [4.69, 9.17) is 15.7 Å². The standard InChI is InChI=1S/C13H13N3O3S/c1-19-10-5-6-20-11(10)13(17)15-9-4-2-3-8(7-9)12(14)16-18/h2-7,18H,1H3,(H2,14,16)(H,15,17). The van der Waals surface area contributed by atoms with Crippen molar-refractivity contribution in [2.24, 2.45) is 10.9 Å². The number of nitrogens with zero attached hydrogens (tertiary/aromatic N) is 1. The number of oxime groups is 1. The van der Waals surface area contributed by atoms with Crippen LogP contribution in [-0.4, -0.2) is 24.1 Å². The highest BCUT2D eigenvalue weighted by atomic mass is 32.1. The summed E-state index contributed by atoms with van der Waals surface area (Å²) in [6.07, 6.45) is 0. The van der Waals surface area contributed by atoms with Crippen molar-refractivity contribution >= 4 is 28.8 Å². The fourth-order valence-electron chi connectivity index (χ4n) is 1.63. The van der Waals surface area contributed by atoms with E-state index in [9.17, 15) is 4.79 Å². The van der Waals surface area contributed by atoms with Crippen LogP contribution < -0.4 is 15.8 Å². The quantitative estimate of drug-likeness (QED) is 0.348. The Morgan fingerprint density at radius 2 is 2.25 bits per heavy atom. The number of carbonyl (C=O) groups excluding carboxylic acids is 1. The molecule has 2 aromatic rings. The summed E-state index contributed by atoms with van der Waals surface area (Å²) >= 11 is 1.29. The van der Waals surface area contributed by atoms with E-state index < -0.39 is 0 Å². The minimum Gasteiger partial charge on any atom is -0.495 e. The van der Waals surface area contributed by atoms with E-state index in [1.165, 1.54) is 18.4 Å². The minimum atomic E-state index is -0.270. The van der Waals surface area contributed by atoms with E-state index in [1.807, 2.05) is 0 Å². The Balaban J connectivity index is 2.20. The zero-order chi connectivity index (χ0) is 14.5. The Hall–Kier alpha value is -2.54. The van der Waals surface area contributed by atoms with Crippen molar-refractivity contribution in [3.05, 3.63) is 46.2 Å². The lowest BCUT2D eigenvalue weighted by Gasteiger charge is -2.07. The van der Waals surface area contributed by atoms with Crippen LogP contribution in [0.1, 0.15) is 15.2 Å². The maximum atomic E-state index is 12.1. The molecular weight excluding hydrogens is 278 g/mol. The molecular formula is C13H13N3O3S. The van der Waals surface area contributed by atoms with Crippen molar-refractivity contribution in [2.75, 3.05) is 12.4 Å². The van der Waals surface area contributed by atoms with Crippen molar-refractivity contribution in [2.45, 2.75) is 0 Å². The van der Waals surface area contributed by atoms with Gasteiger partial charge in [-0.1, -0.05) is 17.3 Å². The molecule has 1 aromatic carbocycles. The Labute approximate surface area is 119 Å². The summed E-state index contributed by atoms with van der Waals surface area (Å²) in [7, 11) is 1.51. The van der Waals surface area contributed by atoms with Crippen LogP contribution in [0, 0.1) is 0 Å². The van der Waals surface area contributed by atoms with Gasteiger partial charge in [0.1, 0.15) is 10.6 Å². The topological polar surface area (TPSA) is 96.9 Å². The molecule has 0 fully saturated rings. The van der Waals surface area contributed by atoms with Gasteiger partial charge in [-0.25, -0.2) is 0 Å². The van der Waals surface area contributed by atoms with Gasteiger partial charge in [-0.2, -0.15) is 0 Å². The van der Waals surface area contributed by atoms with Crippen LogP contribution in [-0.2, 0) is 0 Å². The first kappa shape index (κ1) is 13.9. The number of nitrogens with one attached hydrogen (secondary N) is 1. The highest BCUT2D eigenvalue weighted by Crippen LogP contribution is 2.25. The van der Waals surface area contributed by atoms with Gasteiger partial charge in [0, 0.05) is 11.3 Å². The van der Waals surface area contributed by atoms with E-state index in [0.717, 1.165) is 0 Å². The van der Waals surface area contributed by atoms with Crippen molar-refractivity contribution in [1.82, 2.24) is 0 Å². The molecule has 0 spiro atoms. The molecule has 4 N–H and O–H groups in total. The molecule has 0 aliphatic carbocycles. The second-order valence-corrected chi connectivity index (χ2v) is 4.75. The molecule has 104 valence electrons. The van der Waals surface area contributed by atoms with Gasteiger partial charge in [0.15, 0.2) is 5.84 Å². The second-order valence-electron chi connectivity index (χ2n) is 3.84. The number of amides is 1. The summed E-state index contributed by atoms with van der Waals surface area (Å²) in [5, 5.41) is 16.1. The number of amidine groups is 1. The number of methoxy groups -OCH3 is 1. The normalized spacial score (nSPS) is 11.2. The molecule has 1 heterocycles. The van der Waals surface area contributed by atoms with Crippen LogP contribution in [0.5, 0.6) is 5.75 Å². The molecule has 6 nitrogen and oxygen atoms in total. The SMILES string of the molecule is COc1ccsc1C(=O)Nc1cccc(/C(N)=N/O)c1. The van der Waals surface area contributed by atoms with Gasteiger partial charge in [-0.05, 0) is 23.6 Å². The first-order chi connectivity index (χ1) is 9.65. The lowest BCUT2D eigenvalue weighted by molar-refractivity contribution is 0.102. The number of thiophene rings is 1. The molecule has 7 heteroatoms. The van der Waals surface area contributed by atoms with E-state index in [2.05, 4.69) is 10.5 Å². The highest BCUT2D eigenvalue weighted by Gasteiger charge is 2.14. The molecule has 2 rings (SSSR count). The molecule has 0 bridgehead atoms. The molecule has 1 amide bonds. The van der Waals surface area contributed by atoms with Crippen molar-refractivity contribution in [3.63, 3.8) is 0 Å². The van der Waals surface area contributed by atoms with Crippen LogP contribution in [0.15, 0.2) is 40.9 Å². The molecule has 0 radical (unpaired) electrons. The summed E-state index contributed by atoms with van der Waals surface area (Å²) in [5.74, 6) is 0.239. The third-order valence-electron chi connectivity index (χ3n) is 2.58. The molecule has 1 aromatic heterocycles. The largest absolute Gasteiger partial charge is 0.495 e. The molecule has 0 saturated heterocycles. The molecule has 0 saturated carbocycles. The lowest BCUT2D eigenvalue weighted by Crippen LogP contribution is -2.15. The average molecular weight is 291 g/mol. The summed E-state index contributed by atoms with van der Waals surface area (Å²) in [4.78, 5) is 12.6. The number of hydrogen-bond donors (Lipinski definition) is 3.